The van der Waals surface area contributed by atoms with E-state index >= 15 is 0 Å². The number of nitrogens with two attached hydrogens (primary N) is 1. The van der Waals surface area contributed by atoms with Crippen LogP contribution in [0.15, 0.2) is 27.9 Å². The number of hydrogen-bond acceptors (Lipinski definition) is 9. The summed E-state index contributed by atoms with van der Waals surface area (Å²) < 4.78 is 6.08. The number of hydrazone groups is 1. The van der Waals surface area contributed by atoms with E-state index in [0.717, 1.165) is 12.8 Å². The maximum Gasteiger partial charge on any atom is 0.293 e. The van der Waals surface area contributed by atoms with Crippen LogP contribution in [0.5, 0.6) is 0 Å². The number of aromatic nitrogens is 5. The van der Waals surface area contributed by atoms with Gasteiger partial charge in [0.05, 0.1) is 22.0 Å². The lowest BCUT2D eigenvalue weighted by Crippen LogP contribution is -2.34. The van der Waals surface area contributed by atoms with Gasteiger partial charge in [0, 0.05) is 12.6 Å². The molecule has 1 saturated carbocycles. The molecule has 2 heterocycles. The van der Waals surface area contributed by atoms with Gasteiger partial charge in [-0.25, -0.2) is 10.1 Å². The molecule has 2 aromatic heterocycles. The van der Waals surface area contributed by atoms with E-state index < -0.39 is 5.91 Å². The van der Waals surface area contributed by atoms with Crippen LogP contribution in [0.1, 0.15) is 53.8 Å². The van der Waals surface area contributed by atoms with E-state index in [9.17, 15) is 4.79 Å². The number of benzene rings is 1. The van der Waals surface area contributed by atoms with Crippen molar-refractivity contribution in [2.75, 3.05) is 12.8 Å². The Morgan fingerprint density at radius 2 is 2.09 bits per heavy atom. The van der Waals surface area contributed by atoms with Gasteiger partial charge >= 0.3 is 0 Å². The fraction of sp³-hybridized carbons (Fsp3) is 0.400. The molecule has 174 valence electrons. The number of carbonyl (C=O) groups is 1. The minimum Gasteiger partial charge on any atom is -0.378 e. The third-order valence-electron chi connectivity index (χ3n) is 5.60. The van der Waals surface area contributed by atoms with Crippen molar-refractivity contribution in [3.05, 3.63) is 45.2 Å². The Bertz CT molecular complexity index is 1150. The molecule has 0 unspecified atom stereocenters. The predicted molar refractivity (Wildman–Crippen MR) is 123 cm³/mol. The van der Waals surface area contributed by atoms with E-state index in [4.69, 9.17) is 33.6 Å². The van der Waals surface area contributed by atoms with Crippen LogP contribution >= 0.6 is 23.2 Å². The molecule has 0 radical (unpaired) electrons. The van der Waals surface area contributed by atoms with Crippen molar-refractivity contribution in [3.8, 4) is 5.82 Å². The quantitative estimate of drug-likeness (QED) is 0.379. The van der Waals surface area contributed by atoms with Crippen molar-refractivity contribution >= 4 is 41.1 Å². The molecule has 11 nitrogen and oxygen atoms in total. The number of nitrogen functional groups attached to an aromatic ring is 1. The van der Waals surface area contributed by atoms with Gasteiger partial charge in [-0.1, -0.05) is 53.7 Å². The number of halogens is 2. The van der Waals surface area contributed by atoms with E-state index in [2.05, 4.69) is 36.1 Å². The van der Waals surface area contributed by atoms with Gasteiger partial charge in [-0.2, -0.15) is 9.78 Å². The Balaban J connectivity index is 1.56. The highest BCUT2D eigenvalue weighted by Crippen LogP contribution is 2.25. The zero-order chi connectivity index (χ0) is 23.4. The molecule has 4 rings (SSSR count). The third kappa shape index (κ3) is 5.32. The Morgan fingerprint density at radius 3 is 2.79 bits per heavy atom. The minimum absolute atomic E-state index is 0.0473. The lowest BCUT2D eigenvalue weighted by molar-refractivity contribution is 0.0947. The molecular formula is C20H23Cl2N9O2. The van der Waals surface area contributed by atoms with Gasteiger partial charge in [0.2, 0.25) is 11.6 Å². The molecule has 3 aromatic rings. The SMILES string of the molecule is CN(Cc1c(C(=O)N/N=C/c2ccc(Cl)c(Cl)c2)nnn1-c1nonc1N)C1CCCCC1. The van der Waals surface area contributed by atoms with Crippen LogP contribution in [0.25, 0.3) is 5.82 Å². The third-order valence-corrected chi connectivity index (χ3v) is 6.33. The number of rotatable bonds is 7. The summed E-state index contributed by atoms with van der Waals surface area (Å²) in [4.78, 5) is 15.1. The number of amides is 1. The zero-order valence-corrected chi connectivity index (χ0v) is 19.4. The fourth-order valence-corrected chi connectivity index (χ4v) is 4.13. The van der Waals surface area contributed by atoms with E-state index in [0.29, 0.717) is 33.9 Å². The van der Waals surface area contributed by atoms with Crippen molar-refractivity contribution in [2.24, 2.45) is 5.10 Å². The van der Waals surface area contributed by atoms with Gasteiger partial charge in [0.15, 0.2) is 5.69 Å². The minimum atomic E-state index is -0.528. The maximum absolute atomic E-state index is 12.9. The zero-order valence-electron chi connectivity index (χ0n) is 17.9. The molecule has 1 amide bonds. The summed E-state index contributed by atoms with van der Waals surface area (Å²) in [6.45, 7) is 0.406. The summed E-state index contributed by atoms with van der Waals surface area (Å²) in [5.74, 6) is -0.307. The normalized spacial score (nSPS) is 14.9. The summed E-state index contributed by atoms with van der Waals surface area (Å²) in [6, 6.07) is 5.42. The first kappa shape index (κ1) is 23.1. The molecule has 1 aliphatic rings. The molecule has 1 fully saturated rings. The van der Waals surface area contributed by atoms with Gasteiger partial charge in [-0.05, 0) is 47.9 Å². The Hall–Kier alpha value is -3.02. The first-order chi connectivity index (χ1) is 15.9. The Kier molecular flexibility index (Phi) is 7.21. The van der Waals surface area contributed by atoms with Crippen molar-refractivity contribution in [1.82, 2.24) is 35.6 Å². The lowest BCUT2D eigenvalue weighted by Gasteiger charge is -2.31. The van der Waals surface area contributed by atoms with Gasteiger partial charge in [0.25, 0.3) is 5.91 Å². The number of nitrogens with zero attached hydrogens (tertiary/aromatic N) is 7. The van der Waals surface area contributed by atoms with Gasteiger partial charge in [-0.15, -0.1) is 5.10 Å². The second kappa shape index (κ2) is 10.3. The molecule has 0 atom stereocenters. The van der Waals surface area contributed by atoms with Crippen LogP contribution < -0.4 is 11.2 Å². The highest BCUT2D eigenvalue weighted by Gasteiger charge is 2.27. The summed E-state index contributed by atoms with van der Waals surface area (Å²) in [5.41, 5.74) is 9.61. The molecule has 0 aliphatic heterocycles. The molecule has 1 aromatic carbocycles. The van der Waals surface area contributed by atoms with Crippen LogP contribution in [0.3, 0.4) is 0 Å². The fourth-order valence-electron chi connectivity index (χ4n) is 3.83. The average Bonchev–Trinajstić information content (AvgIpc) is 3.42. The predicted octanol–water partition coefficient (Wildman–Crippen LogP) is 3.07. The summed E-state index contributed by atoms with van der Waals surface area (Å²) in [5, 5.41) is 20.4. The van der Waals surface area contributed by atoms with Crippen molar-refractivity contribution < 1.29 is 9.42 Å². The second-order valence-corrected chi connectivity index (χ2v) is 8.66. The average molecular weight is 492 g/mol. The molecule has 0 saturated heterocycles. The van der Waals surface area contributed by atoms with Crippen molar-refractivity contribution in [2.45, 2.75) is 44.7 Å². The molecule has 0 bridgehead atoms. The first-order valence-electron chi connectivity index (χ1n) is 10.5. The largest absolute Gasteiger partial charge is 0.378 e. The standard InChI is InChI=1S/C20H23Cl2N9O2/c1-30(13-5-3-2-4-6-13)11-16-17(25-29-31(16)19-18(23)27-33-28-19)20(32)26-24-10-12-7-8-14(21)15(22)9-12/h7-10,13H,2-6,11H2,1H3,(H2,23,27)(H,26,32)/b24-10+. The molecule has 1 aliphatic carbocycles. The molecule has 33 heavy (non-hydrogen) atoms. The highest BCUT2D eigenvalue weighted by atomic mass is 35.5. The van der Waals surface area contributed by atoms with Crippen LogP contribution in [0, 0.1) is 0 Å². The van der Waals surface area contributed by atoms with Crippen LogP contribution in [0.4, 0.5) is 5.82 Å². The highest BCUT2D eigenvalue weighted by molar-refractivity contribution is 6.42. The van der Waals surface area contributed by atoms with E-state index in [-0.39, 0.29) is 17.3 Å². The second-order valence-electron chi connectivity index (χ2n) is 7.85. The van der Waals surface area contributed by atoms with Gasteiger partial charge in [0.1, 0.15) is 0 Å². The summed E-state index contributed by atoms with van der Waals surface area (Å²) >= 11 is 11.9. The summed E-state index contributed by atoms with van der Waals surface area (Å²) in [6.07, 6.45) is 7.27. The van der Waals surface area contributed by atoms with Crippen molar-refractivity contribution in [1.29, 1.82) is 0 Å². The molecule has 0 spiro atoms. The van der Waals surface area contributed by atoms with Gasteiger partial charge < -0.3 is 5.73 Å². The number of hydrogen-bond donors (Lipinski definition) is 2. The maximum atomic E-state index is 12.9. The van der Waals surface area contributed by atoms with Crippen LogP contribution in [0.2, 0.25) is 10.0 Å². The first-order valence-corrected chi connectivity index (χ1v) is 11.2. The monoisotopic (exact) mass is 491 g/mol. The lowest BCUT2D eigenvalue weighted by atomic mass is 9.94. The van der Waals surface area contributed by atoms with E-state index in [1.165, 1.54) is 30.2 Å². The molecular weight excluding hydrogens is 469 g/mol. The van der Waals surface area contributed by atoms with E-state index in [1.807, 2.05) is 7.05 Å². The topological polar surface area (TPSA) is 140 Å². The Morgan fingerprint density at radius 1 is 1.30 bits per heavy atom. The molecule has 3 N–H and O–H groups in total. The van der Waals surface area contributed by atoms with Crippen molar-refractivity contribution in [3.63, 3.8) is 0 Å². The number of anilines is 1. The van der Waals surface area contributed by atoms with Gasteiger partial charge in [-0.3, -0.25) is 9.69 Å². The molecule has 13 heteroatoms. The van der Waals surface area contributed by atoms with Crippen LogP contribution in [-0.4, -0.2) is 55.4 Å². The van der Waals surface area contributed by atoms with Crippen LogP contribution in [-0.2, 0) is 6.54 Å². The van der Waals surface area contributed by atoms with E-state index in [1.54, 1.807) is 18.2 Å². The number of carbonyl (C=O) groups excluding carboxylic acids is 1. The number of nitrogens with one attached hydrogen (secondary N) is 1. The Labute approximate surface area is 199 Å². The smallest absolute Gasteiger partial charge is 0.293 e. The summed E-state index contributed by atoms with van der Waals surface area (Å²) in [7, 11) is 2.02.